The van der Waals surface area contributed by atoms with Crippen LogP contribution in [0.4, 0.5) is 5.69 Å². The van der Waals surface area contributed by atoms with Crippen LogP contribution in [-0.2, 0) is 18.7 Å². The Hall–Kier alpha value is -4.31. The van der Waals surface area contributed by atoms with Crippen molar-refractivity contribution in [2.24, 2.45) is 0 Å². The molecular formula is C26H21N5O4S. The van der Waals surface area contributed by atoms with Crippen LogP contribution in [0.3, 0.4) is 0 Å². The quantitative estimate of drug-likeness (QED) is 0.116. The minimum absolute atomic E-state index is 0.00867. The number of nitro groups is 1. The second kappa shape index (κ2) is 10.5. The van der Waals surface area contributed by atoms with E-state index in [0.717, 1.165) is 12.8 Å². The highest BCUT2D eigenvalue weighted by molar-refractivity contribution is 7.98. The third-order valence-corrected chi connectivity index (χ3v) is 6.61. The number of non-ortho nitro benzene ring substituents is 1. The average molecular weight is 500 g/mol. The third kappa shape index (κ3) is 5.18. The van der Waals surface area contributed by atoms with Gasteiger partial charge in [0.25, 0.3) is 11.2 Å². The Balaban J connectivity index is 1.35. The predicted molar refractivity (Wildman–Crippen MR) is 137 cm³/mol. The number of thioether (sulfide) groups is 1. The van der Waals surface area contributed by atoms with Crippen LogP contribution < -0.4 is 5.56 Å². The van der Waals surface area contributed by atoms with Crippen LogP contribution in [0, 0.1) is 10.1 Å². The number of hydrogen-bond acceptors (Lipinski definition) is 8. The highest BCUT2D eigenvalue weighted by atomic mass is 32.2. The molecule has 180 valence electrons. The number of nitrogens with zero attached hydrogens (tertiary/aromatic N) is 5. The third-order valence-electron chi connectivity index (χ3n) is 5.65. The fourth-order valence-electron chi connectivity index (χ4n) is 3.83. The van der Waals surface area contributed by atoms with E-state index in [1.165, 1.54) is 29.5 Å². The number of nitro benzene ring substituents is 1. The fourth-order valence-corrected chi connectivity index (χ4v) is 4.69. The predicted octanol–water partition coefficient (Wildman–Crippen LogP) is 5.28. The van der Waals surface area contributed by atoms with Crippen LogP contribution in [-0.4, -0.2) is 24.6 Å². The molecule has 0 aliphatic carbocycles. The molecule has 36 heavy (non-hydrogen) atoms. The summed E-state index contributed by atoms with van der Waals surface area (Å²) in [6.45, 7) is 0.534. The molecule has 0 atom stereocenters. The van der Waals surface area contributed by atoms with E-state index in [4.69, 9.17) is 9.51 Å². The van der Waals surface area contributed by atoms with Gasteiger partial charge in [0.2, 0.25) is 11.7 Å². The topological polar surface area (TPSA) is 117 Å². The van der Waals surface area contributed by atoms with Crippen molar-refractivity contribution in [2.45, 2.75) is 30.3 Å². The zero-order valence-corrected chi connectivity index (χ0v) is 19.9. The zero-order chi connectivity index (χ0) is 24.9. The van der Waals surface area contributed by atoms with Crippen LogP contribution in [0.5, 0.6) is 0 Å². The maximum Gasteiger partial charge on any atom is 0.269 e. The van der Waals surface area contributed by atoms with Crippen molar-refractivity contribution in [1.82, 2.24) is 19.7 Å². The number of hydrogen-bond donors (Lipinski definition) is 0. The SMILES string of the molecule is O=c1c2ccccc2nc(SCc2nc(-c3ccc([N+](=O)[O-])cc3)no2)n1CCCc1ccccc1. The molecule has 5 aromatic rings. The molecule has 0 bridgehead atoms. The number of para-hydroxylation sites is 1. The van der Waals surface area contributed by atoms with Gasteiger partial charge in [0.05, 0.1) is 21.6 Å². The molecule has 0 saturated heterocycles. The van der Waals surface area contributed by atoms with Gasteiger partial charge < -0.3 is 4.52 Å². The smallest absolute Gasteiger partial charge is 0.269 e. The molecule has 10 heteroatoms. The van der Waals surface area contributed by atoms with Gasteiger partial charge >= 0.3 is 0 Å². The summed E-state index contributed by atoms with van der Waals surface area (Å²) >= 11 is 1.36. The summed E-state index contributed by atoms with van der Waals surface area (Å²) in [5, 5.41) is 16.0. The number of benzene rings is 3. The maximum absolute atomic E-state index is 13.3. The van der Waals surface area contributed by atoms with Crippen LogP contribution in [0.1, 0.15) is 17.9 Å². The van der Waals surface area contributed by atoms with E-state index in [1.807, 2.05) is 36.4 Å². The molecule has 5 rings (SSSR count). The largest absolute Gasteiger partial charge is 0.338 e. The monoisotopic (exact) mass is 499 g/mol. The Bertz CT molecular complexity index is 1570. The molecule has 0 unspecified atom stereocenters. The van der Waals surface area contributed by atoms with Gasteiger partial charge in [-0.25, -0.2) is 4.98 Å². The Morgan fingerprint density at radius 2 is 1.69 bits per heavy atom. The van der Waals surface area contributed by atoms with Crippen molar-refractivity contribution in [1.29, 1.82) is 0 Å². The van der Waals surface area contributed by atoms with E-state index in [9.17, 15) is 14.9 Å². The fraction of sp³-hybridized carbons (Fsp3) is 0.154. The first kappa shape index (κ1) is 23.4. The first-order valence-corrected chi connectivity index (χ1v) is 12.3. The van der Waals surface area contributed by atoms with Gasteiger partial charge in [-0.2, -0.15) is 4.98 Å². The first-order valence-electron chi connectivity index (χ1n) is 11.3. The number of aryl methyl sites for hydroxylation is 1. The molecule has 0 spiro atoms. The van der Waals surface area contributed by atoms with E-state index in [1.54, 1.807) is 22.8 Å². The Kier molecular flexibility index (Phi) is 6.85. The second-order valence-corrected chi connectivity index (χ2v) is 9.00. The number of fused-ring (bicyclic) bond motifs is 1. The van der Waals surface area contributed by atoms with Crippen molar-refractivity contribution >= 4 is 28.4 Å². The molecule has 0 aliphatic rings. The van der Waals surface area contributed by atoms with Crippen molar-refractivity contribution < 1.29 is 9.45 Å². The van der Waals surface area contributed by atoms with Crippen LogP contribution in [0.25, 0.3) is 22.3 Å². The second-order valence-electron chi connectivity index (χ2n) is 8.06. The van der Waals surface area contributed by atoms with Crippen molar-refractivity contribution in [3.8, 4) is 11.4 Å². The van der Waals surface area contributed by atoms with E-state index < -0.39 is 4.92 Å². The molecule has 0 aliphatic heterocycles. The van der Waals surface area contributed by atoms with Gasteiger partial charge in [0, 0.05) is 24.2 Å². The van der Waals surface area contributed by atoms with E-state index in [0.29, 0.717) is 45.6 Å². The summed E-state index contributed by atoms with van der Waals surface area (Å²) in [7, 11) is 0. The molecule has 9 nitrogen and oxygen atoms in total. The molecule has 0 fully saturated rings. The Morgan fingerprint density at radius 1 is 0.944 bits per heavy atom. The van der Waals surface area contributed by atoms with Crippen LogP contribution >= 0.6 is 11.8 Å². The summed E-state index contributed by atoms with van der Waals surface area (Å²) in [5.74, 6) is 1.03. The van der Waals surface area contributed by atoms with E-state index in [2.05, 4.69) is 22.3 Å². The zero-order valence-electron chi connectivity index (χ0n) is 19.1. The molecule has 2 heterocycles. The molecule has 0 N–H and O–H groups in total. The first-order chi connectivity index (χ1) is 17.6. The Morgan fingerprint density at radius 3 is 2.47 bits per heavy atom. The van der Waals surface area contributed by atoms with Gasteiger partial charge in [-0.05, 0) is 42.7 Å². The van der Waals surface area contributed by atoms with Gasteiger partial charge in [-0.15, -0.1) is 0 Å². The lowest BCUT2D eigenvalue weighted by Gasteiger charge is -2.12. The van der Waals surface area contributed by atoms with Gasteiger partial charge in [0.15, 0.2) is 5.16 Å². The highest BCUT2D eigenvalue weighted by Gasteiger charge is 2.15. The number of aromatic nitrogens is 4. The van der Waals surface area contributed by atoms with Gasteiger partial charge in [-0.1, -0.05) is 59.4 Å². The van der Waals surface area contributed by atoms with E-state index in [-0.39, 0.29) is 11.2 Å². The van der Waals surface area contributed by atoms with Crippen molar-refractivity contribution in [3.05, 3.63) is 111 Å². The van der Waals surface area contributed by atoms with Crippen molar-refractivity contribution in [3.63, 3.8) is 0 Å². The molecule has 2 aromatic heterocycles. The molecule has 3 aromatic carbocycles. The molecule has 0 amide bonds. The minimum atomic E-state index is -0.460. The van der Waals surface area contributed by atoms with Gasteiger partial charge in [-0.3, -0.25) is 19.5 Å². The molecule has 0 radical (unpaired) electrons. The van der Waals surface area contributed by atoms with Crippen LogP contribution in [0.2, 0.25) is 0 Å². The Labute approximate surface area is 210 Å². The normalized spacial score (nSPS) is 11.1. The standard InChI is InChI=1S/C26H21N5O4S/c32-25-21-10-4-5-11-22(21)27-26(30(25)16-6-9-18-7-2-1-3-8-18)36-17-23-28-24(29-35-23)19-12-14-20(15-13-19)31(33)34/h1-5,7-8,10-15H,6,9,16-17H2. The summed E-state index contributed by atoms with van der Waals surface area (Å²) in [4.78, 5) is 32.8. The van der Waals surface area contributed by atoms with Gasteiger partial charge in [0.1, 0.15) is 0 Å². The lowest BCUT2D eigenvalue weighted by molar-refractivity contribution is -0.384. The molecular weight excluding hydrogens is 478 g/mol. The number of rotatable bonds is 9. The lowest BCUT2D eigenvalue weighted by atomic mass is 10.1. The average Bonchev–Trinajstić information content (AvgIpc) is 3.39. The van der Waals surface area contributed by atoms with E-state index >= 15 is 0 Å². The summed E-state index contributed by atoms with van der Waals surface area (Å²) < 4.78 is 7.10. The summed E-state index contributed by atoms with van der Waals surface area (Å²) in [6.07, 6.45) is 1.65. The maximum atomic E-state index is 13.3. The minimum Gasteiger partial charge on any atom is -0.338 e. The van der Waals surface area contributed by atoms with Crippen molar-refractivity contribution in [2.75, 3.05) is 0 Å². The molecule has 0 saturated carbocycles. The summed E-state index contributed by atoms with van der Waals surface area (Å²) in [6, 6.07) is 23.4. The highest BCUT2D eigenvalue weighted by Crippen LogP contribution is 2.25. The van der Waals surface area contributed by atoms with Crippen LogP contribution in [0.15, 0.2) is 93.3 Å². The lowest BCUT2D eigenvalue weighted by Crippen LogP contribution is -2.23. The summed E-state index contributed by atoms with van der Waals surface area (Å²) in [5.41, 5.74) is 2.39.